The summed E-state index contributed by atoms with van der Waals surface area (Å²) in [6, 6.07) is 7.34. The second kappa shape index (κ2) is 6.59. The lowest BCUT2D eigenvalue weighted by Gasteiger charge is -2.36. The number of esters is 1. The highest BCUT2D eigenvalue weighted by Crippen LogP contribution is 2.36. The van der Waals surface area contributed by atoms with Crippen LogP contribution < -0.4 is 0 Å². The fourth-order valence-electron chi connectivity index (χ4n) is 3.48. The quantitative estimate of drug-likeness (QED) is 0.627. The lowest BCUT2D eigenvalue weighted by molar-refractivity contribution is -0.151. The molecular formula is C17H22FNO2S. The zero-order valence-electron chi connectivity index (χ0n) is 13.0. The van der Waals surface area contributed by atoms with Gasteiger partial charge in [0, 0.05) is 17.0 Å². The number of halogens is 1. The molecule has 0 amide bonds. The van der Waals surface area contributed by atoms with Gasteiger partial charge in [-0.25, -0.2) is 4.39 Å². The van der Waals surface area contributed by atoms with Crippen molar-refractivity contribution in [1.82, 2.24) is 4.90 Å². The number of benzene rings is 1. The van der Waals surface area contributed by atoms with E-state index in [0.717, 1.165) is 17.7 Å². The van der Waals surface area contributed by atoms with Gasteiger partial charge in [0.1, 0.15) is 17.2 Å². The molecule has 22 heavy (non-hydrogen) atoms. The molecule has 2 aliphatic heterocycles. The summed E-state index contributed by atoms with van der Waals surface area (Å²) in [5.41, 5.74) is 0. The molecule has 0 N–H and O–H groups in total. The third-order valence-electron chi connectivity index (χ3n) is 4.80. The number of hydrogen-bond acceptors (Lipinski definition) is 4. The molecule has 0 saturated carbocycles. The summed E-state index contributed by atoms with van der Waals surface area (Å²) < 4.78 is 18.6. The van der Waals surface area contributed by atoms with Crippen LogP contribution in [0, 0.1) is 5.82 Å². The molecule has 2 bridgehead atoms. The predicted molar refractivity (Wildman–Crippen MR) is 85.4 cm³/mol. The van der Waals surface area contributed by atoms with Gasteiger partial charge in [0.2, 0.25) is 0 Å². The van der Waals surface area contributed by atoms with E-state index in [9.17, 15) is 9.18 Å². The van der Waals surface area contributed by atoms with Crippen LogP contribution in [0.15, 0.2) is 29.2 Å². The summed E-state index contributed by atoms with van der Waals surface area (Å²) in [5.74, 6) is -0.426. The minimum Gasteiger partial charge on any atom is -0.461 e. The van der Waals surface area contributed by atoms with Gasteiger partial charge in [-0.1, -0.05) is 0 Å². The molecule has 5 heteroatoms. The molecule has 3 atom stereocenters. The number of carbonyl (C=O) groups excluding carboxylic acids is 1. The molecule has 2 aliphatic rings. The summed E-state index contributed by atoms with van der Waals surface area (Å²) in [5, 5.41) is -0.275. The van der Waals surface area contributed by atoms with E-state index >= 15 is 0 Å². The van der Waals surface area contributed by atoms with Crippen molar-refractivity contribution in [2.75, 3.05) is 7.05 Å². The van der Waals surface area contributed by atoms with Crippen LogP contribution in [0.4, 0.5) is 4.39 Å². The topological polar surface area (TPSA) is 29.5 Å². The van der Waals surface area contributed by atoms with Crippen molar-refractivity contribution >= 4 is 17.7 Å². The smallest absolute Gasteiger partial charge is 0.319 e. The molecule has 3 unspecified atom stereocenters. The van der Waals surface area contributed by atoms with Crippen LogP contribution in [0.5, 0.6) is 0 Å². The highest BCUT2D eigenvalue weighted by Gasteiger charge is 2.40. The SMILES string of the molecule is CC(Sc1ccc(F)cc1)C(=O)OC1CC2CCC(C1)N2C. The van der Waals surface area contributed by atoms with Crippen molar-refractivity contribution in [2.24, 2.45) is 0 Å². The van der Waals surface area contributed by atoms with E-state index in [-0.39, 0.29) is 23.1 Å². The first kappa shape index (κ1) is 15.8. The van der Waals surface area contributed by atoms with Gasteiger partial charge in [0.15, 0.2) is 0 Å². The molecule has 3 nitrogen and oxygen atoms in total. The zero-order chi connectivity index (χ0) is 15.7. The average molecular weight is 323 g/mol. The summed E-state index contributed by atoms with van der Waals surface area (Å²) >= 11 is 1.42. The maximum atomic E-state index is 12.9. The van der Waals surface area contributed by atoms with Crippen LogP contribution in [0.25, 0.3) is 0 Å². The van der Waals surface area contributed by atoms with Gasteiger partial charge in [0.25, 0.3) is 0 Å². The standard InChI is InChI=1S/C17H22FNO2S/c1-11(22-16-7-3-12(18)4-8-16)17(20)21-15-9-13-5-6-14(10-15)19(13)2/h3-4,7-8,11,13-15H,5-6,9-10H2,1-2H3. The van der Waals surface area contributed by atoms with Crippen LogP contribution >= 0.6 is 11.8 Å². The molecule has 120 valence electrons. The first-order valence-corrected chi connectivity index (χ1v) is 8.75. The van der Waals surface area contributed by atoms with Gasteiger partial charge in [-0.05, 0) is 63.9 Å². The zero-order valence-corrected chi connectivity index (χ0v) is 13.8. The second-order valence-corrected chi connectivity index (χ2v) is 7.71. The van der Waals surface area contributed by atoms with Gasteiger partial charge in [-0.2, -0.15) is 0 Å². The first-order valence-electron chi connectivity index (χ1n) is 7.87. The summed E-state index contributed by atoms with van der Waals surface area (Å²) in [7, 11) is 2.17. The molecule has 2 fully saturated rings. The van der Waals surface area contributed by atoms with E-state index in [4.69, 9.17) is 4.74 Å². The maximum Gasteiger partial charge on any atom is 0.319 e. The van der Waals surface area contributed by atoms with Gasteiger partial charge in [-0.15, -0.1) is 11.8 Å². The fraction of sp³-hybridized carbons (Fsp3) is 0.588. The summed E-state index contributed by atoms with van der Waals surface area (Å²) in [6.45, 7) is 1.85. The van der Waals surface area contributed by atoms with Crippen molar-refractivity contribution in [3.63, 3.8) is 0 Å². The van der Waals surface area contributed by atoms with Crippen molar-refractivity contribution in [3.8, 4) is 0 Å². The Kier molecular flexibility index (Phi) is 4.73. The number of rotatable bonds is 4. The van der Waals surface area contributed by atoms with Gasteiger partial charge in [-0.3, -0.25) is 4.79 Å². The van der Waals surface area contributed by atoms with E-state index in [1.807, 2.05) is 6.92 Å². The van der Waals surface area contributed by atoms with Gasteiger partial charge in [0.05, 0.1) is 0 Å². The van der Waals surface area contributed by atoms with Crippen LogP contribution in [-0.4, -0.2) is 41.4 Å². The first-order chi connectivity index (χ1) is 10.5. The number of thioether (sulfide) groups is 1. The molecule has 0 radical (unpaired) electrons. The molecule has 0 spiro atoms. The van der Waals surface area contributed by atoms with Gasteiger partial charge >= 0.3 is 5.97 Å². The summed E-state index contributed by atoms with van der Waals surface area (Å²) in [6.07, 6.45) is 4.39. The Hall–Kier alpha value is -1.07. The monoisotopic (exact) mass is 323 g/mol. The van der Waals surface area contributed by atoms with E-state index in [2.05, 4.69) is 11.9 Å². The van der Waals surface area contributed by atoms with Crippen molar-refractivity contribution < 1.29 is 13.9 Å². The third-order valence-corrected chi connectivity index (χ3v) is 5.89. The number of carbonyl (C=O) groups is 1. The Morgan fingerprint density at radius 1 is 1.27 bits per heavy atom. The van der Waals surface area contributed by atoms with Crippen LogP contribution in [0.3, 0.4) is 0 Å². The van der Waals surface area contributed by atoms with Crippen molar-refractivity contribution in [1.29, 1.82) is 0 Å². The minimum absolute atomic E-state index is 0.0532. The van der Waals surface area contributed by atoms with E-state index in [1.54, 1.807) is 12.1 Å². The van der Waals surface area contributed by atoms with Crippen LogP contribution in [0.1, 0.15) is 32.6 Å². The Morgan fingerprint density at radius 3 is 2.45 bits per heavy atom. The average Bonchev–Trinajstić information content (AvgIpc) is 2.72. The normalized spacial score (nSPS) is 29.3. The van der Waals surface area contributed by atoms with Crippen molar-refractivity contribution in [3.05, 3.63) is 30.1 Å². The largest absolute Gasteiger partial charge is 0.461 e. The lowest BCUT2D eigenvalue weighted by Crippen LogP contribution is -2.44. The summed E-state index contributed by atoms with van der Waals surface area (Å²) in [4.78, 5) is 15.6. The number of ether oxygens (including phenoxy) is 1. The number of piperidine rings is 1. The van der Waals surface area contributed by atoms with Crippen LogP contribution in [0.2, 0.25) is 0 Å². The van der Waals surface area contributed by atoms with E-state index in [1.165, 1.54) is 36.7 Å². The van der Waals surface area contributed by atoms with E-state index < -0.39 is 0 Å². The Balaban J connectivity index is 1.52. The molecule has 1 aromatic rings. The minimum atomic E-state index is -0.275. The lowest BCUT2D eigenvalue weighted by atomic mass is 10.0. The van der Waals surface area contributed by atoms with Crippen molar-refractivity contribution in [2.45, 2.75) is 60.9 Å². The Bertz CT molecular complexity index is 522. The molecular weight excluding hydrogens is 301 g/mol. The van der Waals surface area contributed by atoms with Crippen LogP contribution in [-0.2, 0) is 9.53 Å². The Morgan fingerprint density at radius 2 is 1.86 bits per heavy atom. The third kappa shape index (κ3) is 3.46. The molecule has 1 aromatic carbocycles. The molecule has 0 aromatic heterocycles. The molecule has 2 heterocycles. The Labute approximate surface area is 135 Å². The maximum absolute atomic E-state index is 12.9. The second-order valence-electron chi connectivity index (χ2n) is 6.29. The fourth-order valence-corrected chi connectivity index (χ4v) is 4.34. The number of fused-ring (bicyclic) bond motifs is 2. The number of nitrogens with zero attached hydrogens (tertiary/aromatic N) is 1. The highest BCUT2D eigenvalue weighted by molar-refractivity contribution is 8.00. The molecule has 2 saturated heterocycles. The van der Waals surface area contributed by atoms with E-state index in [0.29, 0.717) is 12.1 Å². The molecule has 3 rings (SSSR count). The predicted octanol–water partition coefficient (Wildman–Crippen LogP) is 3.47. The van der Waals surface area contributed by atoms with Gasteiger partial charge < -0.3 is 9.64 Å². The molecule has 0 aliphatic carbocycles. The number of hydrogen-bond donors (Lipinski definition) is 0. The highest BCUT2D eigenvalue weighted by atomic mass is 32.2.